The average Bonchev–Trinajstić information content (AvgIpc) is 2.86. The topological polar surface area (TPSA) is 78.5 Å². The van der Waals surface area contributed by atoms with Gasteiger partial charge in [-0.3, -0.25) is 9.59 Å². The maximum absolute atomic E-state index is 12.4. The summed E-state index contributed by atoms with van der Waals surface area (Å²) in [6.07, 6.45) is 0. The van der Waals surface area contributed by atoms with Gasteiger partial charge < -0.3 is 4.74 Å². The minimum atomic E-state index is -0.507. The second kappa shape index (κ2) is 5.67. The standard InChI is InChI=1S/C14H20N4O3/c1-8(2)10-6-11-14(20)17(7-12(19)21-5)16-13(9(3)4)18(11)15-10/h6,8-9H,7H2,1-5H3. The number of rotatable bonds is 4. The SMILES string of the molecule is COC(=O)Cn1nc(C(C)C)n2nc(C(C)C)cc2c1=O. The maximum Gasteiger partial charge on any atom is 0.327 e. The molecule has 0 aliphatic heterocycles. The van der Waals surface area contributed by atoms with E-state index in [1.165, 1.54) is 7.11 Å². The van der Waals surface area contributed by atoms with E-state index in [0.717, 1.165) is 10.4 Å². The van der Waals surface area contributed by atoms with E-state index in [9.17, 15) is 9.59 Å². The van der Waals surface area contributed by atoms with Crippen LogP contribution >= 0.6 is 0 Å². The van der Waals surface area contributed by atoms with Gasteiger partial charge in [0.15, 0.2) is 5.82 Å². The molecule has 7 heteroatoms. The van der Waals surface area contributed by atoms with E-state index in [1.54, 1.807) is 10.6 Å². The van der Waals surface area contributed by atoms with Gasteiger partial charge >= 0.3 is 5.97 Å². The normalized spacial score (nSPS) is 11.6. The van der Waals surface area contributed by atoms with Crippen LogP contribution in [-0.4, -0.2) is 32.5 Å². The van der Waals surface area contributed by atoms with E-state index in [2.05, 4.69) is 14.9 Å². The molecule has 0 aromatic carbocycles. The summed E-state index contributed by atoms with van der Waals surface area (Å²) in [6.45, 7) is 7.75. The van der Waals surface area contributed by atoms with Crippen LogP contribution in [0.25, 0.3) is 5.52 Å². The molecule has 0 spiro atoms. The first-order valence-electron chi connectivity index (χ1n) is 6.92. The van der Waals surface area contributed by atoms with Crippen molar-refractivity contribution in [2.75, 3.05) is 7.11 Å². The minimum Gasteiger partial charge on any atom is -0.468 e. The predicted molar refractivity (Wildman–Crippen MR) is 77.4 cm³/mol. The molecule has 0 bridgehead atoms. The van der Waals surface area contributed by atoms with Crippen molar-refractivity contribution in [3.8, 4) is 0 Å². The van der Waals surface area contributed by atoms with Gasteiger partial charge in [0.25, 0.3) is 5.56 Å². The Hall–Kier alpha value is -2.18. The lowest BCUT2D eigenvalue weighted by Gasteiger charge is -2.10. The van der Waals surface area contributed by atoms with Gasteiger partial charge in [-0.1, -0.05) is 27.7 Å². The van der Waals surface area contributed by atoms with E-state index in [-0.39, 0.29) is 23.9 Å². The molecule has 2 rings (SSSR count). The van der Waals surface area contributed by atoms with Crippen LogP contribution in [0.2, 0.25) is 0 Å². The molecule has 0 fully saturated rings. The third-order valence-electron chi connectivity index (χ3n) is 3.24. The molecule has 0 saturated heterocycles. The Morgan fingerprint density at radius 2 is 1.90 bits per heavy atom. The molecule has 21 heavy (non-hydrogen) atoms. The molecule has 2 heterocycles. The Kier molecular flexibility index (Phi) is 4.11. The van der Waals surface area contributed by atoms with E-state index in [4.69, 9.17) is 0 Å². The van der Waals surface area contributed by atoms with Crippen LogP contribution in [0, 0.1) is 0 Å². The molecular formula is C14H20N4O3. The van der Waals surface area contributed by atoms with Crippen molar-refractivity contribution in [1.82, 2.24) is 19.4 Å². The van der Waals surface area contributed by atoms with Gasteiger partial charge in [0.1, 0.15) is 12.1 Å². The van der Waals surface area contributed by atoms with Crippen molar-refractivity contribution < 1.29 is 9.53 Å². The highest BCUT2D eigenvalue weighted by atomic mass is 16.5. The summed E-state index contributed by atoms with van der Waals surface area (Å²) < 4.78 is 7.32. The fourth-order valence-corrected chi connectivity index (χ4v) is 2.01. The summed E-state index contributed by atoms with van der Waals surface area (Å²) >= 11 is 0. The van der Waals surface area contributed by atoms with E-state index >= 15 is 0 Å². The summed E-state index contributed by atoms with van der Waals surface area (Å²) in [4.78, 5) is 23.8. The van der Waals surface area contributed by atoms with Crippen molar-refractivity contribution in [2.24, 2.45) is 0 Å². The van der Waals surface area contributed by atoms with Crippen LogP contribution in [0.15, 0.2) is 10.9 Å². The van der Waals surface area contributed by atoms with Crippen molar-refractivity contribution in [3.63, 3.8) is 0 Å². The fraction of sp³-hybridized carbons (Fsp3) is 0.571. The number of aromatic nitrogens is 4. The van der Waals surface area contributed by atoms with Crippen molar-refractivity contribution >= 4 is 11.5 Å². The smallest absolute Gasteiger partial charge is 0.327 e. The molecular weight excluding hydrogens is 272 g/mol. The van der Waals surface area contributed by atoms with E-state index in [0.29, 0.717) is 11.3 Å². The first-order valence-corrected chi connectivity index (χ1v) is 6.92. The van der Waals surface area contributed by atoms with Crippen molar-refractivity contribution in [3.05, 3.63) is 27.9 Å². The van der Waals surface area contributed by atoms with Crippen LogP contribution in [0.5, 0.6) is 0 Å². The Balaban J connectivity index is 2.70. The number of nitrogens with zero attached hydrogens (tertiary/aromatic N) is 4. The van der Waals surface area contributed by atoms with Crippen LogP contribution in [0.1, 0.15) is 51.0 Å². The second-order valence-electron chi connectivity index (χ2n) is 5.57. The van der Waals surface area contributed by atoms with E-state index < -0.39 is 5.97 Å². The van der Waals surface area contributed by atoms with Crippen molar-refractivity contribution in [1.29, 1.82) is 0 Å². The van der Waals surface area contributed by atoms with Gasteiger partial charge in [-0.2, -0.15) is 10.2 Å². The van der Waals surface area contributed by atoms with Crippen LogP contribution < -0.4 is 5.56 Å². The largest absolute Gasteiger partial charge is 0.468 e. The molecule has 7 nitrogen and oxygen atoms in total. The first-order chi connectivity index (χ1) is 9.85. The van der Waals surface area contributed by atoms with Crippen molar-refractivity contribution in [2.45, 2.75) is 46.1 Å². The minimum absolute atomic E-state index is 0.0666. The molecule has 0 aliphatic rings. The number of hydrogen-bond donors (Lipinski definition) is 0. The zero-order valence-corrected chi connectivity index (χ0v) is 13.0. The van der Waals surface area contributed by atoms with Gasteiger partial charge in [0, 0.05) is 5.92 Å². The molecule has 2 aromatic heterocycles. The molecule has 2 aromatic rings. The number of methoxy groups -OCH3 is 1. The maximum atomic E-state index is 12.4. The number of fused-ring (bicyclic) bond motifs is 1. The quantitative estimate of drug-likeness (QED) is 0.794. The third-order valence-corrected chi connectivity index (χ3v) is 3.24. The van der Waals surface area contributed by atoms with Gasteiger partial charge in [-0.15, -0.1) is 0 Å². The van der Waals surface area contributed by atoms with Crippen LogP contribution in [0.3, 0.4) is 0 Å². The Morgan fingerprint density at radius 3 is 2.43 bits per heavy atom. The second-order valence-corrected chi connectivity index (χ2v) is 5.57. The lowest BCUT2D eigenvalue weighted by molar-refractivity contribution is -0.141. The average molecular weight is 292 g/mol. The monoisotopic (exact) mass is 292 g/mol. The zero-order valence-electron chi connectivity index (χ0n) is 13.0. The number of hydrogen-bond acceptors (Lipinski definition) is 5. The summed E-state index contributed by atoms with van der Waals surface area (Å²) in [7, 11) is 1.28. The number of carbonyl (C=O) groups is 1. The van der Waals surface area contributed by atoms with Gasteiger partial charge in [0.2, 0.25) is 0 Å². The highest BCUT2D eigenvalue weighted by Gasteiger charge is 2.18. The van der Waals surface area contributed by atoms with Crippen LogP contribution in [0.4, 0.5) is 0 Å². The molecule has 0 atom stereocenters. The zero-order chi connectivity index (χ0) is 15.7. The lowest BCUT2D eigenvalue weighted by Crippen LogP contribution is -2.31. The summed E-state index contributed by atoms with van der Waals surface area (Å²) in [6, 6.07) is 1.76. The number of ether oxygens (including phenoxy) is 1. The molecule has 0 amide bonds. The fourth-order valence-electron chi connectivity index (χ4n) is 2.01. The van der Waals surface area contributed by atoms with E-state index in [1.807, 2.05) is 27.7 Å². The third kappa shape index (κ3) is 2.81. The number of carbonyl (C=O) groups excluding carboxylic acids is 1. The van der Waals surface area contributed by atoms with Gasteiger partial charge in [-0.25, -0.2) is 9.20 Å². The molecule has 0 saturated carbocycles. The molecule has 0 aliphatic carbocycles. The lowest BCUT2D eigenvalue weighted by atomic mass is 10.1. The summed E-state index contributed by atoms with van der Waals surface area (Å²) in [5.41, 5.74) is 0.914. The molecule has 0 N–H and O–H groups in total. The Bertz CT molecular complexity index is 728. The molecule has 0 unspecified atom stereocenters. The molecule has 114 valence electrons. The van der Waals surface area contributed by atoms with Gasteiger partial charge in [-0.05, 0) is 12.0 Å². The Morgan fingerprint density at radius 1 is 1.24 bits per heavy atom. The van der Waals surface area contributed by atoms with Crippen LogP contribution in [-0.2, 0) is 16.1 Å². The highest BCUT2D eigenvalue weighted by Crippen LogP contribution is 2.17. The Labute approximate surface area is 122 Å². The summed E-state index contributed by atoms with van der Waals surface area (Å²) in [5, 5.41) is 8.72. The first kappa shape index (κ1) is 15.2. The number of esters is 1. The highest BCUT2D eigenvalue weighted by molar-refractivity contribution is 5.69. The molecule has 0 radical (unpaired) electrons. The summed E-state index contributed by atoms with van der Waals surface area (Å²) in [5.74, 6) is 0.405. The predicted octanol–water partition coefficient (Wildman–Crippen LogP) is 1.31. The van der Waals surface area contributed by atoms with Gasteiger partial charge in [0.05, 0.1) is 12.8 Å².